The van der Waals surface area contributed by atoms with Crippen LogP contribution in [0.2, 0.25) is 0 Å². The van der Waals surface area contributed by atoms with E-state index in [0.717, 1.165) is 25.9 Å². The Morgan fingerprint density at radius 3 is 1.22 bits per heavy atom. The molecule has 0 saturated heterocycles. The van der Waals surface area contributed by atoms with Gasteiger partial charge in [-0.1, -0.05) is 6.42 Å². The number of hydrogen-bond donors (Lipinski definition) is 2. The highest BCUT2D eigenvalue weighted by atomic mass is 19.0. The highest BCUT2D eigenvalue weighted by Gasteiger charge is 1.80. The van der Waals surface area contributed by atoms with Gasteiger partial charge < -0.3 is 11.5 Å². The van der Waals surface area contributed by atoms with E-state index in [1.165, 1.54) is 6.42 Å². The van der Waals surface area contributed by atoms with Crippen LogP contribution < -0.4 is 11.5 Å². The monoisotopic (exact) mass is 142 g/mol. The second-order valence-corrected chi connectivity index (χ2v) is 1.64. The summed E-state index contributed by atoms with van der Waals surface area (Å²) < 4.78 is 0. The molecule has 0 aliphatic carbocycles. The Labute approximate surface area is 54.3 Å². The highest BCUT2D eigenvalue weighted by molar-refractivity contribution is 4.41. The van der Waals surface area contributed by atoms with Gasteiger partial charge in [-0.3, -0.25) is 9.41 Å². The first kappa shape index (κ1) is 15.9. The molecule has 0 bridgehead atoms. The summed E-state index contributed by atoms with van der Waals surface area (Å²) >= 11 is 0. The van der Waals surface area contributed by atoms with Gasteiger partial charge in [-0.15, -0.1) is 0 Å². The minimum absolute atomic E-state index is 0. The third-order valence-corrected chi connectivity index (χ3v) is 0.908. The van der Waals surface area contributed by atoms with Crippen LogP contribution in [0, 0.1) is 0 Å². The summed E-state index contributed by atoms with van der Waals surface area (Å²) in [7, 11) is 0. The van der Waals surface area contributed by atoms with Crippen LogP contribution in [0.25, 0.3) is 0 Å². The first-order valence-electron chi connectivity index (χ1n) is 2.82. The zero-order valence-corrected chi connectivity index (χ0v) is 5.51. The first-order chi connectivity index (χ1) is 3.41. The Balaban J connectivity index is -0.000000180. The van der Waals surface area contributed by atoms with Gasteiger partial charge in [-0.25, -0.2) is 0 Å². The van der Waals surface area contributed by atoms with Crippen LogP contribution in [0.1, 0.15) is 19.3 Å². The van der Waals surface area contributed by atoms with E-state index in [-0.39, 0.29) is 9.41 Å². The van der Waals surface area contributed by atoms with Crippen molar-refractivity contribution >= 4 is 0 Å². The van der Waals surface area contributed by atoms with E-state index in [0.29, 0.717) is 0 Å². The Morgan fingerprint density at radius 1 is 0.667 bits per heavy atom. The molecule has 4 N–H and O–H groups in total. The van der Waals surface area contributed by atoms with Crippen molar-refractivity contribution in [3.63, 3.8) is 0 Å². The number of rotatable bonds is 4. The third-order valence-electron chi connectivity index (χ3n) is 0.908. The molecule has 0 aliphatic rings. The number of halogens is 2. The zero-order chi connectivity index (χ0) is 5.54. The van der Waals surface area contributed by atoms with Crippen LogP contribution in [0.5, 0.6) is 0 Å². The van der Waals surface area contributed by atoms with Crippen LogP contribution in [-0.2, 0) is 0 Å². The van der Waals surface area contributed by atoms with Gasteiger partial charge >= 0.3 is 0 Å². The second-order valence-electron chi connectivity index (χ2n) is 1.64. The Hall–Kier alpha value is -0.220. The third kappa shape index (κ3) is 18.2. The molecule has 0 saturated carbocycles. The van der Waals surface area contributed by atoms with Crippen LogP contribution in [0.3, 0.4) is 0 Å². The van der Waals surface area contributed by atoms with Crippen molar-refractivity contribution in [1.29, 1.82) is 0 Å². The van der Waals surface area contributed by atoms with Crippen molar-refractivity contribution in [2.75, 3.05) is 13.1 Å². The van der Waals surface area contributed by atoms with Crippen molar-refractivity contribution < 1.29 is 9.41 Å². The molecule has 0 unspecified atom stereocenters. The van der Waals surface area contributed by atoms with Crippen molar-refractivity contribution in [2.24, 2.45) is 11.5 Å². The lowest BCUT2D eigenvalue weighted by atomic mass is 10.2. The summed E-state index contributed by atoms with van der Waals surface area (Å²) in [6.07, 6.45) is 3.43. The summed E-state index contributed by atoms with van der Waals surface area (Å²) in [5, 5.41) is 0. The number of hydrogen-bond acceptors (Lipinski definition) is 2. The quantitative estimate of drug-likeness (QED) is 0.557. The van der Waals surface area contributed by atoms with Crippen molar-refractivity contribution in [3.05, 3.63) is 0 Å². The SMILES string of the molecule is F.F.NCCCCCN. The average Bonchev–Trinajstić information content (AvgIpc) is 1.69. The van der Waals surface area contributed by atoms with E-state index in [2.05, 4.69) is 0 Å². The molecule has 0 fully saturated rings. The molecule has 0 aromatic heterocycles. The molecule has 0 aromatic rings. The molecule has 4 heteroatoms. The first-order valence-corrected chi connectivity index (χ1v) is 2.82. The molecule has 0 atom stereocenters. The summed E-state index contributed by atoms with van der Waals surface area (Å²) in [5.74, 6) is 0. The van der Waals surface area contributed by atoms with Gasteiger partial charge in [0, 0.05) is 0 Å². The highest BCUT2D eigenvalue weighted by Crippen LogP contribution is 1.88. The molecule has 0 heterocycles. The lowest BCUT2D eigenvalue weighted by molar-refractivity contribution is 0.695. The molecule has 0 rings (SSSR count). The maximum atomic E-state index is 5.23. The smallest absolute Gasteiger partial charge is 0.00773 e. The van der Waals surface area contributed by atoms with Gasteiger partial charge in [0.15, 0.2) is 0 Å². The fraction of sp³-hybridized carbons (Fsp3) is 1.00. The molecular formula is C5H16F2N2. The van der Waals surface area contributed by atoms with E-state index >= 15 is 0 Å². The Kier molecular flexibility index (Phi) is 27.7. The predicted molar refractivity (Wildman–Crippen MR) is 37.0 cm³/mol. The fourth-order valence-electron chi connectivity index (χ4n) is 0.465. The minimum atomic E-state index is 0. The van der Waals surface area contributed by atoms with Crippen molar-refractivity contribution in [1.82, 2.24) is 0 Å². The van der Waals surface area contributed by atoms with Gasteiger partial charge in [0.1, 0.15) is 0 Å². The molecular weight excluding hydrogens is 126 g/mol. The molecule has 60 valence electrons. The predicted octanol–water partition coefficient (Wildman–Crippen LogP) is 0.379. The van der Waals surface area contributed by atoms with Crippen LogP contribution >= 0.6 is 0 Å². The molecule has 0 aliphatic heterocycles. The van der Waals surface area contributed by atoms with Crippen molar-refractivity contribution in [2.45, 2.75) is 19.3 Å². The van der Waals surface area contributed by atoms with Gasteiger partial charge in [0.05, 0.1) is 0 Å². The minimum Gasteiger partial charge on any atom is -0.330 e. The maximum Gasteiger partial charge on any atom is -0.00773 e. The number of nitrogens with two attached hydrogens (primary N) is 2. The van der Waals surface area contributed by atoms with Crippen LogP contribution in [0.4, 0.5) is 9.41 Å². The summed E-state index contributed by atoms with van der Waals surface area (Å²) in [6.45, 7) is 1.61. The lowest BCUT2D eigenvalue weighted by Gasteiger charge is -1.91. The molecule has 0 amide bonds. The molecule has 0 aromatic carbocycles. The normalized spacial score (nSPS) is 7.33. The van der Waals surface area contributed by atoms with Crippen LogP contribution in [0.15, 0.2) is 0 Å². The molecule has 0 spiro atoms. The van der Waals surface area contributed by atoms with Crippen molar-refractivity contribution in [3.8, 4) is 0 Å². The molecule has 0 radical (unpaired) electrons. The van der Waals surface area contributed by atoms with E-state index in [4.69, 9.17) is 11.5 Å². The fourth-order valence-corrected chi connectivity index (χ4v) is 0.465. The molecule has 2 nitrogen and oxygen atoms in total. The standard InChI is InChI=1S/C5H14N2.2FH/c6-4-2-1-3-5-7;;/h1-7H2;2*1H. The van der Waals surface area contributed by atoms with Crippen LogP contribution in [-0.4, -0.2) is 13.1 Å². The summed E-state index contributed by atoms with van der Waals surface area (Å²) in [6, 6.07) is 0. The average molecular weight is 142 g/mol. The van der Waals surface area contributed by atoms with E-state index < -0.39 is 0 Å². The van der Waals surface area contributed by atoms with Gasteiger partial charge in [0.2, 0.25) is 0 Å². The van der Waals surface area contributed by atoms with Gasteiger partial charge in [0.25, 0.3) is 0 Å². The van der Waals surface area contributed by atoms with E-state index in [9.17, 15) is 0 Å². The Morgan fingerprint density at radius 2 is 1.00 bits per heavy atom. The maximum absolute atomic E-state index is 5.23. The summed E-state index contributed by atoms with van der Waals surface area (Å²) in [4.78, 5) is 0. The zero-order valence-electron chi connectivity index (χ0n) is 5.51. The lowest BCUT2D eigenvalue weighted by Crippen LogP contribution is -2.02. The summed E-state index contributed by atoms with van der Waals surface area (Å²) in [5.41, 5.74) is 10.5. The second kappa shape index (κ2) is 15.7. The molecule has 9 heavy (non-hydrogen) atoms. The van der Waals surface area contributed by atoms with Gasteiger partial charge in [-0.2, -0.15) is 0 Å². The largest absolute Gasteiger partial charge is 0.330 e. The van der Waals surface area contributed by atoms with E-state index in [1.807, 2.05) is 0 Å². The Bertz CT molecular complexity index is 32.1. The van der Waals surface area contributed by atoms with Gasteiger partial charge in [-0.05, 0) is 25.9 Å². The van der Waals surface area contributed by atoms with E-state index in [1.54, 1.807) is 0 Å². The topological polar surface area (TPSA) is 52.0 Å². The number of unbranched alkanes of at least 4 members (excludes halogenated alkanes) is 2.